The third kappa shape index (κ3) is 2.89. The van der Waals surface area contributed by atoms with E-state index in [1.807, 2.05) is 13.8 Å². The van der Waals surface area contributed by atoms with E-state index >= 15 is 0 Å². The molecule has 0 saturated carbocycles. The van der Waals surface area contributed by atoms with E-state index in [0.717, 1.165) is 10.9 Å². The lowest BCUT2D eigenvalue weighted by Crippen LogP contribution is -2.48. The fourth-order valence-electron chi connectivity index (χ4n) is 2.05. The molecule has 0 aliphatic carbocycles. The van der Waals surface area contributed by atoms with Crippen molar-refractivity contribution in [3.05, 3.63) is 27.7 Å². The van der Waals surface area contributed by atoms with Crippen LogP contribution in [0.25, 0.3) is 0 Å². The summed E-state index contributed by atoms with van der Waals surface area (Å²) >= 11 is 0. The van der Waals surface area contributed by atoms with Crippen LogP contribution in [0.3, 0.4) is 0 Å². The van der Waals surface area contributed by atoms with Crippen LogP contribution >= 0.6 is 0 Å². The molecular weight excluding hydrogens is 294 g/mol. The lowest BCUT2D eigenvalue weighted by Gasteiger charge is -2.31. The number of nitrogens with one attached hydrogen (secondary N) is 1. The molecule has 0 radical (unpaired) electrons. The van der Waals surface area contributed by atoms with Crippen molar-refractivity contribution < 1.29 is 24.5 Å². The molecule has 9 nitrogen and oxygen atoms in total. The fraction of sp³-hybridized carbons (Fsp3) is 0.462. The second-order valence-corrected chi connectivity index (χ2v) is 5.05. The number of carbonyl (C=O) groups is 2. The van der Waals surface area contributed by atoms with Gasteiger partial charge < -0.3 is 25.3 Å². The summed E-state index contributed by atoms with van der Waals surface area (Å²) in [6.45, 7) is 4.42. The fourth-order valence-corrected chi connectivity index (χ4v) is 2.05. The van der Waals surface area contributed by atoms with Crippen molar-refractivity contribution in [2.45, 2.75) is 20.0 Å². The summed E-state index contributed by atoms with van der Waals surface area (Å²) < 4.78 is 6.41. The van der Waals surface area contributed by atoms with Crippen molar-refractivity contribution in [1.29, 1.82) is 0 Å². The highest BCUT2D eigenvalue weighted by Crippen LogP contribution is 2.18. The number of nitrogens with zero attached hydrogens (tertiary/aromatic N) is 2. The van der Waals surface area contributed by atoms with Gasteiger partial charge in [0.15, 0.2) is 11.4 Å². The number of aromatic hydroxyl groups is 1. The molecule has 0 aromatic carbocycles. The van der Waals surface area contributed by atoms with Crippen LogP contribution in [-0.4, -0.2) is 57.6 Å². The van der Waals surface area contributed by atoms with E-state index in [4.69, 9.17) is 9.84 Å². The second-order valence-electron chi connectivity index (χ2n) is 5.05. The Morgan fingerprint density at radius 2 is 2.14 bits per heavy atom. The first-order valence-corrected chi connectivity index (χ1v) is 6.69. The Balaban J connectivity index is 2.29. The molecule has 9 heteroatoms. The van der Waals surface area contributed by atoms with E-state index in [1.54, 1.807) is 0 Å². The van der Waals surface area contributed by atoms with Crippen LogP contribution in [0, 0.1) is 0 Å². The summed E-state index contributed by atoms with van der Waals surface area (Å²) in [5.41, 5.74) is 0.761. The van der Waals surface area contributed by atoms with Gasteiger partial charge in [0.2, 0.25) is 5.43 Å². The van der Waals surface area contributed by atoms with Crippen LogP contribution in [0.5, 0.6) is 5.75 Å². The summed E-state index contributed by atoms with van der Waals surface area (Å²) in [6.07, 6.45) is 1.01. The Bertz CT molecular complexity index is 666. The van der Waals surface area contributed by atoms with Crippen LogP contribution < -0.4 is 10.9 Å². The Labute approximate surface area is 125 Å². The maximum Gasteiger partial charge on any atom is 0.341 e. The third-order valence-corrected chi connectivity index (χ3v) is 3.15. The Kier molecular flexibility index (Phi) is 4.36. The molecular formula is C13H17N3O6. The summed E-state index contributed by atoms with van der Waals surface area (Å²) in [4.78, 5) is 36.4. The van der Waals surface area contributed by atoms with Crippen LogP contribution in [0.15, 0.2) is 11.0 Å². The number of fused-ring (bicyclic) bond motifs is 1. The van der Waals surface area contributed by atoms with E-state index < -0.39 is 28.6 Å². The molecule has 0 spiro atoms. The van der Waals surface area contributed by atoms with Gasteiger partial charge >= 0.3 is 5.97 Å². The molecule has 1 aliphatic heterocycles. The molecule has 0 saturated heterocycles. The van der Waals surface area contributed by atoms with Crippen LogP contribution in [0.1, 0.15) is 34.7 Å². The number of carboxylic acid groups (broad SMARTS) is 1. The molecule has 0 unspecified atom stereocenters. The van der Waals surface area contributed by atoms with Crippen molar-refractivity contribution in [1.82, 2.24) is 9.58 Å². The summed E-state index contributed by atoms with van der Waals surface area (Å²) in [7, 11) is 0. The molecule has 0 fully saturated rings. The van der Waals surface area contributed by atoms with E-state index in [1.165, 1.54) is 4.90 Å². The van der Waals surface area contributed by atoms with Gasteiger partial charge in [-0.1, -0.05) is 0 Å². The van der Waals surface area contributed by atoms with Crippen molar-refractivity contribution in [2.75, 3.05) is 25.2 Å². The van der Waals surface area contributed by atoms with Gasteiger partial charge in [-0.2, -0.15) is 0 Å². The lowest BCUT2D eigenvalue weighted by atomic mass is 10.2. The minimum atomic E-state index is -1.47. The maximum absolute atomic E-state index is 12.3. The molecule has 2 rings (SSSR count). The summed E-state index contributed by atoms with van der Waals surface area (Å²) in [6, 6.07) is 0. The van der Waals surface area contributed by atoms with Crippen molar-refractivity contribution in [2.24, 2.45) is 0 Å². The van der Waals surface area contributed by atoms with E-state index in [0.29, 0.717) is 6.61 Å². The number of hydrogen-bond donors (Lipinski definition) is 3. The average Bonchev–Trinajstić information content (AvgIpc) is 2.44. The van der Waals surface area contributed by atoms with Crippen LogP contribution in [0.2, 0.25) is 0 Å². The van der Waals surface area contributed by atoms with Crippen molar-refractivity contribution in [3.63, 3.8) is 0 Å². The van der Waals surface area contributed by atoms with Gasteiger partial charge in [0.1, 0.15) is 12.2 Å². The zero-order chi connectivity index (χ0) is 16.4. The predicted molar refractivity (Wildman–Crippen MR) is 75.7 cm³/mol. The number of rotatable bonds is 5. The van der Waals surface area contributed by atoms with Crippen molar-refractivity contribution in [3.8, 4) is 5.75 Å². The maximum atomic E-state index is 12.3. The molecule has 1 aliphatic rings. The number of pyridine rings is 1. The second kappa shape index (κ2) is 6.06. The number of carbonyl (C=O) groups excluding carboxylic acids is 1. The largest absolute Gasteiger partial charge is 0.502 e. The number of hydrogen-bond acceptors (Lipinski definition) is 6. The lowest BCUT2D eigenvalue weighted by molar-refractivity contribution is 0.0461. The molecule has 1 amide bonds. The smallest absolute Gasteiger partial charge is 0.341 e. The molecule has 2 heterocycles. The van der Waals surface area contributed by atoms with Gasteiger partial charge in [-0.25, -0.2) is 4.79 Å². The monoisotopic (exact) mass is 311 g/mol. The van der Waals surface area contributed by atoms with E-state index in [2.05, 4.69) is 5.43 Å². The summed E-state index contributed by atoms with van der Waals surface area (Å²) in [5, 5.41) is 18.8. The van der Waals surface area contributed by atoms with E-state index in [-0.39, 0.29) is 25.0 Å². The Morgan fingerprint density at radius 3 is 2.73 bits per heavy atom. The van der Waals surface area contributed by atoms with Gasteiger partial charge in [0, 0.05) is 12.7 Å². The van der Waals surface area contributed by atoms with Gasteiger partial charge in [0.25, 0.3) is 5.91 Å². The van der Waals surface area contributed by atoms with Gasteiger partial charge in [-0.15, -0.1) is 0 Å². The SMILES string of the molecule is CC(C)OCCN1CNn2cc(C(=O)O)c(=O)c(O)c2C1=O. The minimum absolute atomic E-state index is 0.0225. The Morgan fingerprint density at radius 1 is 1.45 bits per heavy atom. The highest BCUT2D eigenvalue weighted by Gasteiger charge is 2.30. The zero-order valence-corrected chi connectivity index (χ0v) is 12.2. The number of amides is 1. The van der Waals surface area contributed by atoms with Crippen molar-refractivity contribution >= 4 is 11.9 Å². The first-order chi connectivity index (χ1) is 10.3. The van der Waals surface area contributed by atoms with Gasteiger partial charge in [0.05, 0.1) is 12.7 Å². The Hall–Kier alpha value is -2.55. The average molecular weight is 311 g/mol. The van der Waals surface area contributed by atoms with Crippen LogP contribution in [0.4, 0.5) is 0 Å². The van der Waals surface area contributed by atoms with Gasteiger partial charge in [-0.05, 0) is 13.8 Å². The zero-order valence-electron chi connectivity index (χ0n) is 12.2. The quantitative estimate of drug-likeness (QED) is 0.678. The summed E-state index contributed by atoms with van der Waals surface area (Å²) in [5.74, 6) is -2.93. The first kappa shape index (κ1) is 15.8. The third-order valence-electron chi connectivity index (χ3n) is 3.15. The number of aromatic nitrogens is 1. The topological polar surface area (TPSA) is 121 Å². The predicted octanol–water partition coefficient (Wildman–Crippen LogP) is -0.366. The number of aromatic carboxylic acids is 1. The van der Waals surface area contributed by atoms with Crippen LogP contribution in [-0.2, 0) is 4.74 Å². The van der Waals surface area contributed by atoms with E-state index in [9.17, 15) is 19.5 Å². The molecule has 0 atom stereocenters. The minimum Gasteiger partial charge on any atom is -0.502 e. The van der Waals surface area contributed by atoms with Gasteiger partial charge in [-0.3, -0.25) is 14.3 Å². The standard InChI is InChI=1S/C13H17N3O6/c1-7(2)22-4-3-15-6-14-16-5-8(13(20)21)10(17)11(18)9(16)12(15)19/h5,7,14,18H,3-4,6H2,1-2H3,(H,20,21). The highest BCUT2D eigenvalue weighted by molar-refractivity contribution is 5.97. The highest BCUT2D eigenvalue weighted by atomic mass is 16.5. The normalized spacial score (nSPS) is 14.0. The number of ether oxygens (including phenoxy) is 1. The molecule has 120 valence electrons. The first-order valence-electron chi connectivity index (χ1n) is 6.69. The molecule has 1 aromatic rings. The molecule has 3 N–H and O–H groups in total. The molecule has 22 heavy (non-hydrogen) atoms. The molecule has 1 aromatic heterocycles. The number of carboxylic acids is 1. The molecule has 0 bridgehead atoms.